The van der Waals surface area contributed by atoms with E-state index in [0.29, 0.717) is 11.3 Å². The zero-order valence-corrected chi connectivity index (χ0v) is 10.2. The summed E-state index contributed by atoms with van der Waals surface area (Å²) in [7, 11) is 1.62. The van der Waals surface area contributed by atoms with Crippen LogP contribution < -0.4 is 10.6 Å². The fourth-order valence-electron chi connectivity index (χ4n) is 1.64. The molecule has 0 unspecified atom stereocenters. The van der Waals surface area contributed by atoms with Crippen LogP contribution in [0.25, 0.3) is 0 Å². The van der Waals surface area contributed by atoms with E-state index in [4.69, 9.17) is 11.1 Å². The Kier molecular flexibility index (Phi) is 3.41. The third-order valence-electron chi connectivity index (χ3n) is 2.67. The molecule has 0 fully saturated rings. The summed E-state index contributed by atoms with van der Waals surface area (Å²) in [5.41, 5.74) is 6.58. The third kappa shape index (κ3) is 2.67. The minimum atomic E-state index is -0.738. The third-order valence-corrected chi connectivity index (χ3v) is 2.67. The van der Waals surface area contributed by atoms with Crippen LogP contribution >= 0.6 is 0 Å². The summed E-state index contributed by atoms with van der Waals surface area (Å²) < 4.78 is 26.4. The molecule has 6 heteroatoms. The summed E-state index contributed by atoms with van der Waals surface area (Å²) in [6, 6.07) is 7.44. The van der Waals surface area contributed by atoms with Crippen LogP contribution in [0.3, 0.4) is 0 Å². The number of nitrogen functional groups attached to an aromatic ring is 1. The molecular formula is C13H12F2N4. The first-order chi connectivity index (χ1) is 8.99. The minimum absolute atomic E-state index is 0.0250. The number of nitrogens with two attached hydrogens (primary N) is 1. The van der Waals surface area contributed by atoms with E-state index in [1.54, 1.807) is 31.3 Å². The Hall–Kier alpha value is -2.50. The van der Waals surface area contributed by atoms with Crippen molar-refractivity contribution >= 4 is 17.3 Å². The highest BCUT2D eigenvalue weighted by atomic mass is 19.1. The first kappa shape index (κ1) is 12.9. The second kappa shape index (κ2) is 5.01. The first-order valence-corrected chi connectivity index (χ1v) is 5.48. The molecule has 98 valence electrons. The number of hydrogen-bond donors (Lipinski definition) is 2. The number of benzene rings is 1. The van der Waals surface area contributed by atoms with Crippen LogP contribution in [0.5, 0.6) is 0 Å². The highest BCUT2D eigenvalue weighted by molar-refractivity contribution is 5.95. The van der Waals surface area contributed by atoms with Crippen LogP contribution in [0.2, 0.25) is 0 Å². The largest absolute Gasteiger partial charge is 0.384 e. The lowest BCUT2D eigenvalue weighted by atomic mass is 10.2. The van der Waals surface area contributed by atoms with Crippen LogP contribution in [-0.4, -0.2) is 17.9 Å². The van der Waals surface area contributed by atoms with E-state index < -0.39 is 11.6 Å². The summed E-state index contributed by atoms with van der Waals surface area (Å²) >= 11 is 0. The van der Waals surface area contributed by atoms with Gasteiger partial charge in [0.1, 0.15) is 11.7 Å². The zero-order chi connectivity index (χ0) is 14.0. The van der Waals surface area contributed by atoms with Crippen molar-refractivity contribution in [3.63, 3.8) is 0 Å². The molecule has 0 aliphatic rings. The van der Waals surface area contributed by atoms with Crippen molar-refractivity contribution < 1.29 is 8.78 Å². The number of amidine groups is 1. The van der Waals surface area contributed by atoms with E-state index in [2.05, 4.69) is 4.98 Å². The highest BCUT2D eigenvalue weighted by Crippen LogP contribution is 2.24. The Balaban J connectivity index is 2.33. The Morgan fingerprint density at radius 1 is 1.26 bits per heavy atom. The number of nitrogens with zero attached hydrogens (tertiary/aromatic N) is 2. The van der Waals surface area contributed by atoms with Crippen LogP contribution in [0.4, 0.5) is 20.3 Å². The Morgan fingerprint density at radius 3 is 2.42 bits per heavy atom. The van der Waals surface area contributed by atoms with Crippen molar-refractivity contribution in [2.75, 3.05) is 11.9 Å². The fraction of sp³-hybridized carbons (Fsp3) is 0.0769. The standard InChI is InChI=1S/C13H12F2N4/c1-19(13-11(15)6-9(14)7-18-13)10-4-2-8(3-5-10)12(16)17/h2-7H,1H3,(H3,16,17). The second-order valence-corrected chi connectivity index (χ2v) is 3.98. The van der Waals surface area contributed by atoms with E-state index in [9.17, 15) is 8.78 Å². The van der Waals surface area contributed by atoms with Gasteiger partial charge in [0.05, 0.1) is 6.20 Å². The van der Waals surface area contributed by atoms with E-state index >= 15 is 0 Å². The number of pyridine rings is 1. The molecule has 0 saturated carbocycles. The van der Waals surface area contributed by atoms with E-state index in [0.717, 1.165) is 12.3 Å². The van der Waals surface area contributed by atoms with Gasteiger partial charge in [0.15, 0.2) is 11.6 Å². The molecule has 1 aromatic heterocycles. The molecule has 0 aliphatic carbocycles. The molecule has 4 nitrogen and oxygen atoms in total. The predicted molar refractivity (Wildman–Crippen MR) is 69.7 cm³/mol. The van der Waals surface area contributed by atoms with E-state index in [1.807, 2.05) is 0 Å². The van der Waals surface area contributed by atoms with Crippen LogP contribution in [-0.2, 0) is 0 Å². The van der Waals surface area contributed by atoms with Gasteiger partial charge in [-0.25, -0.2) is 13.8 Å². The minimum Gasteiger partial charge on any atom is -0.384 e. The van der Waals surface area contributed by atoms with Crippen molar-refractivity contribution in [1.82, 2.24) is 4.98 Å². The van der Waals surface area contributed by atoms with E-state index in [-0.39, 0.29) is 11.7 Å². The lowest BCUT2D eigenvalue weighted by molar-refractivity contribution is 0.573. The van der Waals surface area contributed by atoms with Gasteiger partial charge < -0.3 is 10.6 Å². The molecule has 3 N–H and O–H groups in total. The lowest BCUT2D eigenvalue weighted by Gasteiger charge is -2.19. The summed E-state index contributed by atoms with van der Waals surface area (Å²) in [5.74, 6) is -1.48. The van der Waals surface area contributed by atoms with Gasteiger partial charge in [0.2, 0.25) is 0 Å². The highest BCUT2D eigenvalue weighted by Gasteiger charge is 2.12. The van der Waals surface area contributed by atoms with Crippen molar-refractivity contribution in [3.05, 3.63) is 53.7 Å². The average molecular weight is 262 g/mol. The molecule has 19 heavy (non-hydrogen) atoms. The van der Waals surface area contributed by atoms with Gasteiger partial charge >= 0.3 is 0 Å². The predicted octanol–water partition coefficient (Wildman–Crippen LogP) is 2.41. The average Bonchev–Trinajstić information content (AvgIpc) is 2.38. The van der Waals surface area contributed by atoms with Crippen LogP contribution in [0, 0.1) is 17.0 Å². The van der Waals surface area contributed by atoms with Gasteiger partial charge in [0, 0.05) is 24.4 Å². The molecule has 0 saturated heterocycles. The zero-order valence-electron chi connectivity index (χ0n) is 10.2. The van der Waals surface area contributed by atoms with Crippen molar-refractivity contribution in [2.24, 2.45) is 5.73 Å². The maximum Gasteiger partial charge on any atom is 0.169 e. The normalized spacial score (nSPS) is 10.3. The van der Waals surface area contributed by atoms with Gasteiger partial charge in [-0.3, -0.25) is 5.41 Å². The molecule has 0 amide bonds. The SMILES string of the molecule is CN(c1ccc(C(=N)N)cc1)c1ncc(F)cc1F. The van der Waals surface area contributed by atoms with Crippen molar-refractivity contribution in [2.45, 2.75) is 0 Å². The molecule has 1 heterocycles. The number of aromatic nitrogens is 1. The lowest BCUT2D eigenvalue weighted by Crippen LogP contribution is -2.14. The maximum absolute atomic E-state index is 13.6. The smallest absolute Gasteiger partial charge is 0.169 e. The fourth-order valence-corrected chi connectivity index (χ4v) is 1.64. The summed E-state index contributed by atoms with van der Waals surface area (Å²) in [5, 5.41) is 7.29. The Labute approximate surface area is 109 Å². The summed E-state index contributed by atoms with van der Waals surface area (Å²) in [6.07, 6.45) is 0.957. The van der Waals surface area contributed by atoms with Crippen molar-refractivity contribution in [3.8, 4) is 0 Å². The number of anilines is 2. The molecule has 0 aliphatic heterocycles. The molecular weight excluding hydrogens is 250 g/mol. The first-order valence-electron chi connectivity index (χ1n) is 5.48. The Morgan fingerprint density at radius 2 is 1.89 bits per heavy atom. The molecule has 0 atom stereocenters. The van der Waals surface area contributed by atoms with Gasteiger partial charge in [0.25, 0.3) is 0 Å². The molecule has 1 aromatic carbocycles. The molecule has 2 aromatic rings. The van der Waals surface area contributed by atoms with Gasteiger partial charge in [-0.1, -0.05) is 0 Å². The quantitative estimate of drug-likeness (QED) is 0.659. The monoisotopic (exact) mass is 262 g/mol. The van der Waals surface area contributed by atoms with Crippen molar-refractivity contribution in [1.29, 1.82) is 5.41 Å². The Bertz CT molecular complexity index is 611. The topological polar surface area (TPSA) is 66.0 Å². The molecule has 0 radical (unpaired) electrons. The van der Waals surface area contributed by atoms with Gasteiger partial charge in [-0.2, -0.15) is 0 Å². The second-order valence-electron chi connectivity index (χ2n) is 3.98. The molecule has 0 spiro atoms. The maximum atomic E-state index is 13.6. The van der Waals surface area contributed by atoms with E-state index in [1.165, 1.54) is 4.90 Å². The number of nitrogens with one attached hydrogen (secondary N) is 1. The molecule has 2 rings (SSSR count). The summed E-state index contributed by atoms with van der Waals surface area (Å²) in [4.78, 5) is 5.21. The van der Waals surface area contributed by atoms with Crippen LogP contribution in [0.15, 0.2) is 36.5 Å². The van der Waals surface area contributed by atoms with Gasteiger partial charge in [-0.15, -0.1) is 0 Å². The van der Waals surface area contributed by atoms with Crippen LogP contribution in [0.1, 0.15) is 5.56 Å². The number of rotatable bonds is 3. The number of halogens is 2. The van der Waals surface area contributed by atoms with Gasteiger partial charge in [-0.05, 0) is 24.3 Å². The number of hydrogen-bond acceptors (Lipinski definition) is 3. The molecule has 0 bridgehead atoms. The summed E-state index contributed by atoms with van der Waals surface area (Å²) in [6.45, 7) is 0.